The molecule has 0 saturated heterocycles. The molecule has 0 N–H and O–H groups in total. The van der Waals surface area contributed by atoms with Crippen molar-refractivity contribution in [2.24, 2.45) is 0 Å². The molecule has 1 aliphatic rings. The zero-order valence-electron chi connectivity index (χ0n) is 10.0. The van der Waals surface area contributed by atoms with E-state index in [2.05, 4.69) is 28.9 Å². The van der Waals surface area contributed by atoms with Gasteiger partial charge in [0.15, 0.2) is 0 Å². The van der Waals surface area contributed by atoms with E-state index in [9.17, 15) is 0 Å². The van der Waals surface area contributed by atoms with Gasteiger partial charge in [-0.05, 0) is 43.9 Å². The average Bonchev–Trinajstić information content (AvgIpc) is 3.08. The lowest BCUT2D eigenvalue weighted by Gasteiger charge is -2.23. The average molecular weight is 239 g/mol. The first-order valence-electron chi connectivity index (χ1n) is 6.04. The SMILES string of the molecule is CCCN(c1cc(CCl)cc(C)n1)C1CC1. The summed E-state index contributed by atoms with van der Waals surface area (Å²) in [6.45, 7) is 5.35. The summed E-state index contributed by atoms with van der Waals surface area (Å²) in [7, 11) is 0. The summed E-state index contributed by atoms with van der Waals surface area (Å²) >= 11 is 5.90. The minimum Gasteiger partial charge on any atom is -0.354 e. The topological polar surface area (TPSA) is 16.1 Å². The van der Waals surface area contributed by atoms with Crippen LogP contribution in [-0.2, 0) is 5.88 Å². The molecule has 0 aliphatic heterocycles. The second kappa shape index (κ2) is 5.05. The highest BCUT2D eigenvalue weighted by molar-refractivity contribution is 6.17. The van der Waals surface area contributed by atoms with Crippen molar-refractivity contribution in [1.82, 2.24) is 4.98 Å². The molecule has 1 saturated carbocycles. The van der Waals surface area contributed by atoms with Gasteiger partial charge in [-0.25, -0.2) is 4.98 Å². The van der Waals surface area contributed by atoms with Gasteiger partial charge >= 0.3 is 0 Å². The molecule has 0 aromatic carbocycles. The first kappa shape index (κ1) is 11.7. The number of pyridine rings is 1. The van der Waals surface area contributed by atoms with E-state index in [1.54, 1.807) is 0 Å². The van der Waals surface area contributed by atoms with Crippen molar-refractivity contribution in [2.75, 3.05) is 11.4 Å². The van der Waals surface area contributed by atoms with Gasteiger partial charge in [0.1, 0.15) is 5.82 Å². The number of rotatable bonds is 5. The van der Waals surface area contributed by atoms with Crippen LogP contribution in [0, 0.1) is 6.92 Å². The van der Waals surface area contributed by atoms with Gasteiger partial charge < -0.3 is 4.90 Å². The van der Waals surface area contributed by atoms with Gasteiger partial charge in [0.05, 0.1) is 0 Å². The lowest BCUT2D eigenvalue weighted by Crippen LogP contribution is -2.27. The van der Waals surface area contributed by atoms with Crippen molar-refractivity contribution >= 4 is 17.4 Å². The highest BCUT2D eigenvalue weighted by Gasteiger charge is 2.29. The number of anilines is 1. The van der Waals surface area contributed by atoms with Crippen LogP contribution in [0.4, 0.5) is 5.82 Å². The van der Waals surface area contributed by atoms with Crippen LogP contribution in [0.5, 0.6) is 0 Å². The minimum absolute atomic E-state index is 0.570. The molecule has 3 heteroatoms. The second-order valence-corrected chi connectivity index (χ2v) is 4.80. The zero-order valence-corrected chi connectivity index (χ0v) is 10.8. The molecule has 2 nitrogen and oxygen atoms in total. The first-order valence-corrected chi connectivity index (χ1v) is 6.58. The van der Waals surface area contributed by atoms with Gasteiger partial charge in [-0.2, -0.15) is 0 Å². The second-order valence-electron chi connectivity index (χ2n) is 4.53. The lowest BCUT2D eigenvalue weighted by atomic mass is 10.2. The number of halogens is 1. The predicted molar refractivity (Wildman–Crippen MR) is 69.2 cm³/mol. The van der Waals surface area contributed by atoms with Crippen molar-refractivity contribution in [3.63, 3.8) is 0 Å². The van der Waals surface area contributed by atoms with E-state index in [-0.39, 0.29) is 0 Å². The number of hydrogen-bond acceptors (Lipinski definition) is 2. The summed E-state index contributed by atoms with van der Waals surface area (Å²) in [5.41, 5.74) is 2.24. The molecule has 1 heterocycles. The molecule has 0 unspecified atom stereocenters. The van der Waals surface area contributed by atoms with E-state index >= 15 is 0 Å². The maximum atomic E-state index is 5.90. The summed E-state index contributed by atoms with van der Waals surface area (Å²) in [5.74, 6) is 1.68. The molecular formula is C13H19ClN2. The largest absolute Gasteiger partial charge is 0.354 e. The molecule has 1 fully saturated rings. The molecular weight excluding hydrogens is 220 g/mol. The van der Waals surface area contributed by atoms with Crippen LogP contribution in [0.25, 0.3) is 0 Å². The van der Waals surface area contributed by atoms with Crippen molar-refractivity contribution in [1.29, 1.82) is 0 Å². The molecule has 2 rings (SSSR count). The number of hydrogen-bond donors (Lipinski definition) is 0. The third-order valence-corrected chi connectivity index (χ3v) is 3.21. The maximum absolute atomic E-state index is 5.90. The Balaban J connectivity index is 2.25. The fourth-order valence-corrected chi connectivity index (χ4v) is 2.21. The van der Waals surface area contributed by atoms with Crippen LogP contribution >= 0.6 is 11.6 Å². The number of aromatic nitrogens is 1. The Hall–Kier alpha value is -0.760. The van der Waals surface area contributed by atoms with E-state index in [4.69, 9.17) is 11.6 Å². The van der Waals surface area contributed by atoms with Crippen molar-refractivity contribution in [2.45, 2.75) is 45.0 Å². The highest BCUT2D eigenvalue weighted by atomic mass is 35.5. The lowest BCUT2D eigenvalue weighted by molar-refractivity contribution is 0.748. The summed E-state index contributed by atoms with van der Waals surface area (Å²) in [6, 6.07) is 4.92. The van der Waals surface area contributed by atoms with Crippen LogP contribution in [-0.4, -0.2) is 17.6 Å². The Morgan fingerprint density at radius 2 is 2.19 bits per heavy atom. The van der Waals surface area contributed by atoms with E-state index < -0.39 is 0 Å². The molecule has 0 atom stereocenters. The summed E-state index contributed by atoms with van der Waals surface area (Å²) in [4.78, 5) is 7.06. The molecule has 1 aromatic rings. The van der Waals surface area contributed by atoms with Gasteiger partial charge in [-0.15, -0.1) is 11.6 Å². The van der Waals surface area contributed by atoms with Crippen LogP contribution in [0.3, 0.4) is 0 Å². The number of alkyl halides is 1. The van der Waals surface area contributed by atoms with Gasteiger partial charge in [0, 0.05) is 24.2 Å². The smallest absolute Gasteiger partial charge is 0.129 e. The quantitative estimate of drug-likeness (QED) is 0.730. The Labute approximate surface area is 103 Å². The molecule has 0 bridgehead atoms. The zero-order chi connectivity index (χ0) is 11.5. The molecule has 0 amide bonds. The number of aryl methyl sites for hydroxylation is 1. The van der Waals surface area contributed by atoms with Crippen molar-refractivity contribution in [3.05, 3.63) is 23.4 Å². The maximum Gasteiger partial charge on any atom is 0.129 e. The van der Waals surface area contributed by atoms with Gasteiger partial charge in [-0.3, -0.25) is 0 Å². The van der Waals surface area contributed by atoms with Crippen LogP contribution in [0.1, 0.15) is 37.4 Å². The van der Waals surface area contributed by atoms with Crippen LogP contribution in [0.2, 0.25) is 0 Å². The summed E-state index contributed by atoms with van der Waals surface area (Å²) in [6.07, 6.45) is 3.79. The van der Waals surface area contributed by atoms with Crippen molar-refractivity contribution in [3.8, 4) is 0 Å². The van der Waals surface area contributed by atoms with E-state index in [0.717, 1.165) is 24.1 Å². The van der Waals surface area contributed by atoms with Crippen LogP contribution < -0.4 is 4.90 Å². The minimum atomic E-state index is 0.570. The number of nitrogens with zero attached hydrogens (tertiary/aromatic N) is 2. The third-order valence-electron chi connectivity index (χ3n) is 2.90. The normalized spacial score (nSPS) is 15.2. The fraction of sp³-hybridized carbons (Fsp3) is 0.615. The fourth-order valence-electron chi connectivity index (χ4n) is 2.06. The van der Waals surface area contributed by atoms with E-state index in [1.165, 1.54) is 24.8 Å². The van der Waals surface area contributed by atoms with E-state index in [0.29, 0.717) is 5.88 Å². The summed E-state index contributed by atoms with van der Waals surface area (Å²) < 4.78 is 0. The Bertz CT molecular complexity index is 361. The monoisotopic (exact) mass is 238 g/mol. The Kier molecular flexibility index (Phi) is 3.70. The Morgan fingerprint density at radius 1 is 1.44 bits per heavy atom. The summed E-state index contributed by atoms with van der Waals surface area (Å²) in [5, 5.41) is 0. The Morgan fingerprint density at radius 3 is 2.75 bits per heavy atom. The molecule has 1 aliphatic carbocycles. The third kappa shape index (κ3) is 2.67. The molecule has 0 spiro atoms. The first-order chi connectivity index (χ1) is 7.74. The molecule has 88 valence electrons. The van der Waals surface area contributed by atoms with Gasteiger partial charge in [0.2, 0.25) is 0 Å². The predicted octanol–water partition coefficient (Wildman–Crippen LogP) is 3.51. The van der Waals surface area contributed by atoms with Crippen LogP contribution in [0.15, 0.2) is 12.1 Å². The standard InChI is InChI=1S/C13H19ClN2/c1-3-6-16(12-4-5-12)13-8-11(9-14)7-10(2)15-13/h7-8,12H,3-6,9H2,1-2H3. The van der Waals surface area contributed by atoms with Gasteiger partial charge in [0.25, 0.3) is 0 Å². The molecule has 16 heavy (non-hydrogen) atoms. The molecule has 1 aromatic heterocycles. The van der Waals surface area contributed by atoms with Gasteiger partial charge in [-0.1, -0.05) is 6.92 Å². The molecule has 0 radical (unpaired) electrons. The highest BCUT2D eigenvalue weighted by Crippen LogP contribution is 2.31. The van der Waals surface area contributed by atoms with E-state index in [1.807, 2.05) is 6.92 Å². The van der Waals surface area contributed by atoms with Crippen molar-refractivity contribution < 1.29 is 0 Å².